The third kappa shape index (κ3) is 11.1. The van der Waals surface area contributed by atoms with E-state index in [9.17, 15) is 4.79 Å². The maximum absolute atomic E-state index is 12.6. The molecule has 0 aliphatic heterocycles. The molecule has 0 aliphatic rings. The normalized spacial score (nSPS) is 10.8. The highest BCUT2D eigenvalue weighted by Gasteiger charge is 2.17. The summed E-state index contributed by atoms with van der Waals surface area (Å²) in [5.41, 5.74) is 1.64. The molecular formula is C30H47N2O3+. The monoisotopic (exact) mass is 483 g/mol. The Bertz CT molecular complexity index is 853. The number of aromatic nitrogens is 1. The van der Waals surface area contributed by atoms with Crippen molar-refractivity contribution < 1.29 is 18.8 Å². The number of carbonyl (C=O) groups excluding carboxylic acids is 1. The van der Waals surface area contributed by atoms with Crippen LogP contribution in [0.4, 0.5) is 0 Å². The van der Waals surface area contributed by atoms with Crippen molar-refractivity contribution in [2.45, 2.75) is 104 Å². The number of hydrogen-bond acceptors (Lipinski definition) is 3. The van der Waals surface area contributed by atoms with Gasteiger partial charge in [-0.25, -0.2) is 0 Å². The second-order valence-corrected chi connectivity index (χ2v) is 9.28. The van der Waals surface area contributed by atoms with Gasteiger partial charge in [0.25, 0.3) is 5.69 Å². The summed E-state index contributed by atoms with van der Waals surface area (Å²) in [4.78, 5) is 12.6. The average Bonchev–Trinajstić information content (AvgIpc) is 2.90. The maximum atomic E-state index is 12.6. The summed E-state index contributed by atoms with van der Waals surface area (Å²) in [5.74, 6) is 1.38. The van der Waals surface area contributed by atoms with Crippen LogP contribution in [0.3, 0.4) is 0 Å². The SMILES string of the molecule is CCCCCCCCCCCCCCOc1ccc(CNC(=O)c2cccc[n+]2CC)cc1OC. The van der Waals surface area contributed by atoms with Gasteiger partial charge in [0.05, 0.1) is 13.7 Å². The molecular weight excluding hydrogens is 436 g/mol. The van der Waals surface area contributed by atoms with Crippen LogP contribution in [0.15, 0.2) is 42.6 Å². The van der Waals surface area contributed by atoms with Gasteiger partial charge in [-0.05, 0) is 37.1 Å². The van der Waals surface area contributed by atoms with Crippen molar-refractivity contribution in [2.75, 3.05) is 13.7 Å². The summed E-state index contributed by atoms with van der Waals surface area (Å²) in [6.07, 6.45) is 17.9. The minimum Gasteiger partial charge on any atom is -0.493 e. The number of pyridine rings is 1. The lowest BCUT2D eigenvalue weighted by Gasteiger charge is -2.12. The van der Waals surface area contributed by atoms with Gasteiger partial charge >= 0.3 is 5.91 Å². The summed E-state index contributed by atoms with van der Waals surface area (Å²) in [5, 5.41) is 3.00. The number of methoxy groups -OCH3 is 1. The Morgan fingerprint density at radius 3 is 2.11 bits per heavy atom. The Hall–Kier alpha value is -2.56. The van der Waals surface area contributed by atoms with Gasteiger partial charge in [0.15, 0.2) is 17.7 Å². The number of hydrogen-bond donors (Lipinski definition) is 1. The number of amides is 1. The molecule has 2 rings (SSSR count). The second kappa shape index (κ2) is 17.8. The number of rotatable bonds is 19. The fraction of sp³-hybridized carbons (Fsp3) is 0.600. The van der Waals surface area contributed by atoms with Gasteiger partial charge < -0.3 is 14.8 Å². The van der Waals surface area contributed by atoms with Gasteiger partial charge in [-0.3, -0.25) is 4.79 Å². The molecule has 194 valence electrons. The first-order valence-corrected chi connectivity index (χ1v) is 13.8. The highest BCUT2D eigenvalue weighted by Crippen LogP contribution is 2.28. The minimum atomic E-state index is -0.0845. The third-order valence-electron chi connectivity index (χ3n) is 6.45. The predicted molar refractivity (Wildman–Crippen MR) is 143 cm³/mol. The zero-order valence-corrected chi connectivity index (χ0v) is 22.3. The molecule has 35 heavy (non-hydrogen) atoms. The fourth-order valence-corrected chi connectivity index (χ4v) is 4.30. The van der Waals surface area contributed by atoms with E-state index in [4.69, 9.17) is 9.47 Å². The van der Waals surface area contributed by atoms with E-state index in [1.807, 2.05) is 54.1 Å². The quantitative estimate of drug-likeness (QED) is 0.173. The van der Waals surface area contributed by atoms with Crippen molar-refractivity contribution in [3.05, 3.63) is 53.9 Å². The molecule has 2 aromatic rings. The van der Waals surface area contributed by atoms with E-state index < -0.39 is 0 Å². The number of benzene rings is 1. The van der Waals surface area contributed by atoms with Gasteiger partial charge in [-0.2, -0.15) is 4.57 Å². The van der Waals surface area contributed by atoms with Gasteiger partial charge in [0.2, 0.25) is 0 Å². The summed E-state index contributed by atoms with van der Waals surface area (Å²) in [7, 11) is 1.66. The molecule has 0 unspecified atom stereocenters. The molecule has 0 atom stereocenters. The van der Waals surface area contributed by atoms with Gasteiger partial charge in [0, 0.05) is 18.7 Å². The van der Waals surface area contributed by atoms with Crippen LogP contribution >= 0.6 is 0 Å². The van der Waals surface area contributed by atoms with Crippen molar-refractivity contribution in [3.8, 4) is 11.5 Å². The van der Waals surface area contributed by atoms with Crippen molar-refractivity contribution in [3.63, 3.8) is 0 Å². The molecule has 1 N–H and O–H groups in total. The van der Waals surface area contributed by atoms with Gasteiger partial charge in [-0.1, -0.05) is 83.6 Å². The molecule has 5 heteroatoms. The van der Waals surface area contributed by atoms with Crippen molar-refractivity contribution >= 4 is 5.91 Å². The number of ether oxygens (including phenoxy) is 2. The first-order valence-electron chi connectivity index (χ1n) is 13.8. The molecule has 0 spiro atoms. The van der Waals surface area contributed by atoms with Gasteiger partial charge in [-0.15, -0.1) is 0 Å². The van der Waals surface area contributed by atoms with Crippen LogP contribution in [-0.4, -0.2) is 19.6 Å². The molecule has 0 fully saturated rings. The smallest absolute Gasteiger partial charge is 0.316 e. The van der Waals surface area contributed by atoms with E-state index in [1.54, 1.807) is 7.11 Å². The highest BCUT2D eigenvalue weighted by molar-refractivity contribution is 5.90. The summed E-state index contributed by atoms with van der Waals surface area (Å²) in [6.45, 7) is 6.19. The second-order valence-electron chi connectivity index (χ2n) is 9.28. The third-order valence-corrected chi connectivity index (χ3v) is 6.45. The van der Waals surface area contributed by atoms with Crippen molar-refractivity contribution in [1.29, 1.82) is 0 Å². The Kier molecular flexibility index (Phi) is 14.6. The average molecular weight is 484 g/mol. The number of nitrogens with zero attached hydrogens (tertiary/aromatic N) is 1. The molecule has 1 aromatic carbocycles. The lowest BCUT2D eigenvalue weighted by atomic mass is 10.1. The van der Waals surface area contributed by atoms with E-state index in [-0.39, 0.29) is 5.91 Å². The molecule has 0 saturated heterocycles. The molecule has 0 aliphatic carbocycles. The molecule has 5 nitrogen and oxygen atoms in total. The summed E-state index contributed by atoms with van der Waals surface area (Å²) < 4.78 is 13.5. The largest absolute Gasteiger partial charge is 0.493 e. The Balaban J connectivity index is 1.63. The standard InChI is InChI=1S/C30H46N2O3/c1-4-6-7-8-9-10-11-12-13-14-15-18-23-35-28-21-20-26(24-29(28)34-3)25-31-30(33)27-19-16-17-22-32(27)5-2/h16-17,19-22,24H,4-15,18,23,25H2,1-3H3/p+1. The summed E-state index contributed by atoms with van der Waals surface area (Å²) in [6, 6.07) is 11.5. The number of aryl methyl sites for hydroxylation is 1. The first-order chi connectivity index (χ1) is 17.2. The Labute approximate surface area is 213 Å². The first kappa shape index (κ1) is 28.7. The number of carbonyl (C=O) groups is 1. The highest BCUT2D eigenvalue weighted by atomic mass is 16.5. The van der Waals surface area contributed by atoms with Crippen LogP contribution in [0.25, 0.3) is 0 Å². The van der Waals surface area contributed by atoms with Crippen LogP contribution in [0.5, 0.6) is 11.5 Å². The van der Waals surface area contributed by atoms with Crippen LogP contribution in [-0.2, 0) is 13.1 Å². The molecule has 0 saturated carbocycles. The fourth-order valence-electron chi connectivity index (χ4n) is 4.30. The van der Waals surface area contributed by atoms with E-state index in [2.05, 4.69) is 12.2 Å². The van der Waals surface area contributed by atoms with E-state index in [1.165, 1.54) is 70.6 Å². The van der Waals surface area contributed by atoms with Crippen molar-refractivity contribution in [2.24, 2.45) is 0 Å². The predicted octanol–water partition coefficient (Wildman–Crippen LogP) is 7.01. The lowest BCUT2D eigenvalue weighted by molar-refractivity contribution is -0.695. The minimum absolute atomic E-state index is 0.0845. The Morgan fingerprint density at radius 1 is 0.829 bits per heavy atom. The summed E-state index contributed by atoms with van der Waals surface area (Å²) >= 11 is 0. The zero-order chi connectivity index (χ0) is 25.1. The topological polar surface area (TPSA) is 51.4 Å². The molecule has 1 amide bonds. The maximum Gasteiger partial charge on any atom is 0.316 e. The van der Waals surface area contributed by atoms with Crippen LogP contribution in [0.1, 0.15) is 107 Å². The van der Waals surface area contributed by atoms with Gasteiger partial charge in [0.1, 0.15) is 6.54 Å². The van der Waals surface area contributed by atoms with Crippen molar-refractivity contribution in [1.82, 2.24) is 5.32 Å². The Morgan fingerprint density at radius 2 is 1.49 bits per heavy atom. The van der Waals surface area contributed by atoms with Crippen LogP contribution in [0.2, 0.25) is 0 Å². The van der Waals surface area contributed by atoms with E-state index >= 15 is 0 Å². The molecule has 1 aromatic heterocycles. The number of unbranched alkanes of at least 4 members (excludes halogenated alkanes) is 11. The van der Waals surface area contributed by atoms with E-state index in [0.29, 0.717) is 24.6 Å². The molecule has 1 heterocycles. The zero-order valence-electron chi connectivity index (χ0n) is 22.3. The van der Waals surface area contributed by atoms with Crippen LogP contribution < -0.4 is 19.4 Å². The molecule has 0 radical (unpaired) electrons. The van der Waals surface area contributed by atoms with E-state index in [0.717, 1.165) is 24.3 Å². The number of nitrogens with one attached hydrogen (secondary N) is 1. The molecule has 0 bridgehead atoms. The lowest BCUT2D eigenvalue weighted by Crippen LogP contribution is -2.42. The van der Waals surface area contributed by atoms with Crippen LogP contribution in [0, 0.1) is 0 Å².